The van der Waals surface area contributed by atoms with Gasteiger partial charge in [-0.3, -0.25) is 4.79 Å². The van der Waals surface area contributed by atoms with Crippen LogP contribution in [0.2, 0.25) is 0 Å². The number of aliphatic hydroxyl groups is 1. The van der Waals surface area contributed by atoms with Gasteiger partial charge in [0.1, 0.15) is 0 Å². The molecule has 0 aromatic rings. The van der Waals surface area contributed by atoms with Crippen molar-refractivity contribution in [2.75, 3.05) is 25.1 Å². The van der Waals surface area contributed by atoms with Crippen LogP contribution in [0.15, 0.2) is 0 Å². The lowest BCUT2D eigenvalue weighted by molar-refractivity contribution is -0.136. The van der Waals surface area contributed by atoms with Crippen molar-refractivity contribution in [2.45, 2.75) is 39.0 Å². The monoisotopic (exact) mass is 250 g/mol. The second-order valence-electron chi connectivity index (χ2n) is 4.10. The van der Waals surface area contributed by atoms with Crippen LogP contribution in [0.3, 0.4) is 0 Å². The molecule has 0 aromatic carbocycles. The van der Waals surface area contributed by atoms with Crippen molar-refractivity contribution in [3.05, 3.63) is 0 Å². The fraction of sp³-hybridized carbons (Fsp3) is 0.909. The molecule has 0 heterocycles. The lowest BCUT2D eigenvalue weighted by atomic mass is 10.2. The first-order chi connectivity index (χ1) is 7.54. The molecule has 0 aliphatic heterocycles. The third-order valence-corrected chi connectivity index (χ3v) is 6.11. The molecule has 5 heteroatoms. The van der Waals surface area contributed by atoms with Crippen molar-refractivity contribution < 1.29 is 19.6 Å². The summed E-state index contributed by atoms with van der Waals surface area (Å²) in [7, 11) is -2.25. The number of rotatable bonds is 10. The predicted molar refractivity (Wildman–Crippen MR) is 65.7 cm³/mol. The Labute approximate surface area is 97.4 Å². The van der Waals surface area contributed by atoms with Crippen LogP contribution in [0.4, 0.5) is 0 Å². The van der Waals surface area contributed by atoms with E-state index in [0.29, 0.717) is 18.5 Å². The van der Waals surface area contributed by atoms with Crippen LogP contribution in [-0.2, 0) is 9.36 Å². The minimum Gasteiger partial charge on any atom is -0.481 e. The highest BCUT2D eigenvalue weighted by molar-refractivity contribution is 7.63. The Kier molecular flexibility index (Phi) is 8.58. The molecular weight excluding hydrogens is 227 g/mol. The Morgan fingerprint density at radius 2 is 1.75 bits per heavy atom. The Bertz CT molecular complexity index is 240. The maximum absolute atomic E-state index is 12.2. The van der Waals surface area contributed by atoms with E-state index in [-0.39, 0.29) is 13.0 Å². The van der Waals surface area contributed by atoms with Crippen molar-refractivity contribution in [3.8, 4) is 0 Å². The lowest BCUT2D eigenvalue weighted by Gasteiger charge is -2.15. The van der Waals surface area contributed by atoms with Crippen molar-refractivity contribution in [1.82, 2.24) is 0 Å². The molecule has 0 fully saturated rings. The molecule has 96 valence electrons. The molecule has 0 spiro atoms. The van der Waals surface area contributed by atoms with Gasteiger partial charge in [0.25, 0.3) is 0 Å². The largest absolute Gasteiger partial charge is 0.481 e. The maximum atomic E-state index is 12.2. The Balaban J connectivity index is 3.79. The SMILES string of the molecule is CCP(=O)(CCCCCCO)CCC(=O)O. The zero-order chi connectivity index (χ0) is 12.4. The van der Waals surface area contributed by atoms with Gasteiger partial charge in [-0.25, -0.2) is 0 Å². The van der Waals surface area contributed by atoms with Crippen LogP contribution in [0.5, 0.6) is 0 Å². The maximum Gasteiger partial charge on any atom is 0.303 e. The molecule has 0 saturated heterocycles. The second-order valence-corrected chi connectivity index (χ2v) is 7.75. The number of aliphatic carboxylic acids is 1. The summed E-state index contributed by atoms with van der Waals surface area (Å²) >= 11 is 0. The number of aliphatic hydroxyl groups excluding tert-OH is 1. The number of unbranched alkanes of at least 4 members (excludes halogenated alkanes) is 3. The zero-order valence-electron chi connectivity index (χ0n) is 10.0. The molecule has 0 aliphatic rings. The van der Waals surface area contributed by atoms with Gasteiger partial charge in [0.15, 0.2) is 0 Å². The van der Waals surface area contributed by atoms with E-state index in [9.17, 15) is 9.36 Å². The molecule has 0 radical (unpaired) electrons. The molecule has 0 bridgehead atoms. The minimum atomic E-state index is -2.25. The van der Waals surface area contributed by atoms with E-state index in [2.05, 4.69) is 0 Å². The van der Waals surface area contributed by atoms with E-state index < -0.39 is 13.1 Å². The first kappa shape index (κ1) is 15.7. The summed E-state index contributed by atoms with van der Waals surface area (Å²) in [5.74, 6) is -0.867. The van der Waals surface area contributed by atoms with Gasteiger partial charge in [0, 0.05) is 18.9 Å². The van der Waals surface area contributed by atoms with Gasteiger partial charge < -0.3 is 14.8 Å². The fourth-order valence-electron chi connectivity index (χ4n) is 1.59. The molecule has 16 heavy (non-hydrogen) atoms. The van der Waals surface area contributed by atoms with Gasteiger partial charge in [0.05, 0.1) is 13.6 Å². The number of carbonyl (C=O) groups is 1. The van der Waals surface area contributed by atoms with E-state index in [4.69, 9.17) is 10.2 Å². The molecule has 1 unspecified atom stereocenters. The lowest BCUT2D eigenvalue weighted by Crippen LogP contribution is -2.04. The first-order valence-electron chi connectivity index (χ1n) is 5.94. The first-order valence-corrected chi connectivity index (χ1v) is 8.20. The van der Waals surface area contributed by atoms with Crippen LogP contribution in [0.25, 0.3) is 0 Å². The number of carboxylic acids is 1. The summed E-state index contributed by atoms with van der Waals surface area (Å²) < 4.78 is 12.2. The van der Waals surface area contributed by atoms with Crippen molar-refractivity contribution in [2.24, 2.45) is 0 Å². The molecule has 0 amide bonds. The highest BCUT2D eigenvalue weighted by Gasteiger charge is 2.20. The van der Waals surface area contributed by atoms with Crippen LogP contribution < -0.4 is 0 Å². The van der Waals surface area contributed by atoms with E-state index in [1.165, 1.54) is 0 Å². The van der Waals surface area contributed by atoms with Crippen LogP contribution in [0.1, 0.15) is 39.0 Å². The van der Waals surface area contributed by atoms with Crippen molar-refractivity contribution in [3.63, 3.8) is 0 Å². The van der Waals surface area contributed by atoms with Gasteiger partial charge in [0.2, 0.25) is 0 Å². The van der Waals surface area contributed by atoms with Crippen LogP contribution in [0, 0.1) is 0 Å². The molecular formula is C11H23O4P. The van der Waals surface area contributed by atoms with E-state index in [0.717, 1.165) is 25.7 Å². The second kappa shape index (κ2) is 8.77. The van der Waals surface area contributed by atoms with E-state index >= 15 is 0 Å². The number of hydrogen-bond acceptors (Lipinski definition) is 3. The highest BCUT2D eigenvalue weighted by atomic mass is 31.2. The zero-order valence-corrected chi connectivity index (χ0v) is 10.9. The Morgan fingerprint density at radius 3 is 2.25 bits per heavy atom. The summed E-state index contributed by atoms with van der Waals surface area (Å²) in [5.41, 5.74) is 0. The molecule has 2 N–H and O–H groups in total. The molecule has 0 aromatic heterocycles. The summed E-state index contributed by atoms with van der Waals surface area (Å²) in [6.45, 7) is 2.08. The van der Waals surface area contributed by atoms with E-state index in [1.54, 1.807) is 0 Å². The van der Waals surface area contributed by atoms with Gasteiger partial charge in [-0.05, 0) is 19.0 Å². The summed E-state index contributed by atoms with van der Waals surface area (Å²) in [4.78, 5) is 10.4. The summed E-state index contributed by atoms with van der Waals surface area (Å²) in [6.07, 6.45) is 5.20. The Morgan fingerprint density at radius 1 is 1.12 bits per heavy atom. The standard InChI is InChI=1S/C11H23O4P/c1-2-16(15,10-7-11(13)14)9-6-4-3-5-8-12/h12H,2-10H2,1H3,(H,13,14). The molecule has 1 atom stereocenters. The van der Waals surface area contributed by atoms with Gasteiger partial charge >= 0.3 is 5.97 Å². The normalized spacial score (nSPS) is 14.6. The third kappa shape index (κ3) is 7.89. The van der Waals surface area contributed by atoms with Gasteiger partial charge in [-0.1, -0.05) is 19.8 Å². The van der Waals surface area contributed by atoms with Crippen LogP contribution >= 0.6 is 7.14 Å². The minimum absolute atomic E-state index is 0.0156. The van der Waals surface area contributed by atoms with Gasteiger partial charge in [-0.15, -0.1) is 0 Å². The third-order valence-electron chi connectivity index (χ3n) is 2.78. The Hall–Kier alpha value is -0.340. The average Bonchev–Trinajstić information content (AvgIpc) is 2.26. The number of hydrogen-bond donors (Lipinski definition) is 2. The molecule has 0 aliphatic carbocycles. The fourth-order valence-corrected chi connectivity index (χ4v) is 3.85. The molecule has 0 saturated carbocycles. The quantitative estimate of drug-likeness (QED) is 0.461. The molecule has 4 nitrogen and oxygen atoms in total. The smallest absolute Gasteiger partial charge is 0.303 e. The topological polar surface area (TPSA) is 74.6 Å². The average molecular weight is 250 g/mol. The molecule has 0 rings (SSSR count). The predicted octanol–water partition coefficient (Wildman–Crippen LogP) is 2.40. The van der Waals surface area contributed by atoms with Crippen molar-refractivity contribution >= 4 is 13.1 Å². The van der Waals surface area contributed by atoms with Crippen molar-refractivity contribution in [1.29, 1.82) is 0 Å². The summed E-state index contributed by atoms with van der Waals surface area (Å²) in [5, 5.41) is 17.2. The number of carboxylic acid groups (broad SMARTS) is 1. The van der Waals surface area contributed by atoms with Gasteiger partial charge in [-0.2, -0.15) is 0 Å². The van der Waals surface area contributed by atoms with Crippen LogP contribution in [-0.4, -0.2) is 41.3 Å². The summed E-state index contributed by atoms with van der Waals surface area (Å²) in [6, 6.07) is 0. The highest BCUT2D eigenvalue weighted by Crippen LogP contribution is 2.46. The van der Waals surface area contributed by atoms with E-state index in [1.807, 2.05) is 6.92 Å².